The number of aromatic nitrogens is 1. The number of nitrogens with one attached hydrogen (secondary N) is 1. The fraction of sp³-hybridized carbons (Fsp3) is 0.333. The summed E-state index contributed by atoms with van der Waals surface area (Å²) in [5.74, 6) is 1.23. The summed E-state index contributed by atoms with van der Waals surface area (Å²) in [6, 6.07) is 11.5. The summed E-state index contributed by atoms with van der Waals surface area (Å²) in [6.45, 7) is 4.49. The molecule has 0 aliphatic carbocycles. The van der Waals surface area contributed by atoms with Crippen molar-refractivity contribution in [2.45, 2.75) is 6.92 Å². The Hall–Kier alpha value is -2.64. The van der Waals surface area contributed by atoms with E-state index in [1.54, 1.807) is 34.4 Å². The highest BCUT2D eigenvalue weighted by Gasteiger charge is 2.24. The molecule has 1 aliphatic heterocycles. The first-order valence-electron chi connectivity index (χ1n) is 9.39. The van der Waals surface area contributed by atoms with E-state index in [1.807, 2.05) is 25.1 Å². The Kier molecular flexibility index (Phi) is 5.19. The van der Waals surface area contributed by atoms with Gasteiger partial charge in [0.15, 0.2) is 16.6 Å². The molecular formula is C21H24N3O3S+. The SMILES string of the molecule is Cc1cccc2sc(N(CC[NH+](C)C)C(=O)c3ccc4c(c3)OCCO4)nc12. The van der Waals surface area contributed by atoms with Crippen LogP contribution in [0, 0.1) is 6.92 Å². The molecule has 2 heterocycles. The lowest BCUT2D eigenvalue weighted by atomic mass is 10.1. The molecule has 4 rings (SSSR count). The molecule has 1 aliphatic rings. The Morgan fingerprint density at radius 1 is 1.18 bits per heavy atom. The van der Waals surface area contributed by atoms with Crippen molar-refractivity contribution in [1.29, 1.82) is 0 Å². The van der Waals surface area contributed by atoms with Crippen LogP contribution in [0.2, 0.25) is 0 Å². The molecule has 0 saturated carbocycles. The van der Waals surface area contributed by atoms with Gasteiger partial charge in [-0.25, -0.2) is 4.98 Å². The Labute approximate surface area is 168 Å². The van der Waals surface area contributed by atoms with E-state index in [4.69, 9.17) is 14.5 Å². The number of thiazole rings is 1. The monoisotopic (exact) mass is 398 g/mol. The second-order valence-corrected chi connectivity index (χ2v) is 8.20. The Balaban J connectivity index is 1.70. The standard InChI is InChI=1S/C21H23N3O3S/c1-14-5-4-6-18-19(14)22-21(28-18)24(10-9-23(2)3)20(25)15-7-8-16-17(13-15)27-12-11-26-16/h4-8,13H,9-12H2,1-3H3/p+1. The number of quaternary nitrogens is 1. The number of hydrogen-bond donors (Lipinski definition) is 1. The minimum Gasteiger partial charge on any atom is -0.486 e. The van der Waals surface area contributed by atoms with Crippen molar-refractivity contribution in [3.05, 3.63) is 47.5 Å². The summed E-state index contributed by atoms with van der Waals surface area (Å²) >= 11 is 1.55. The second-order valence-electron chi connectivity index (χ2n) is 7.19. The van der Waals surface area contributed by atoms with Gasteiger partial charge in [-0.2, -0.15) is 0 Å². The van der Waals surface area contributed by atoms with Crippen molar-refractivity contribution in [1.82, 2.24) is 4.98 Å². The number of likely N-dealkylation sites (N-methyl/N-ethyl adjacent to an activating group) is 1. The number of nitrogens with zero attached hydrogens (tertiary/aromatic N) is 2. The van der Waals surface area contributed by atoms with E-state index in [1.165, 1.54) is 4.90 Å². The molecule has 28 heavy (non-hydrogen) atoms. The number of carbonyl (C=O) groups excluding carboxylic acids is 1. The summed E-state index contributed by atoms with van der Waals surface area (Å²) in [5.41, 5.74) is 2.65. The highest BCUT2D eigenvalue weighted by molar-refractivity contribution is 7.22. The van der Waals surface area contributed by atoms with Crippen molar-refractivity contribution in [3.8, 4) is 11.5 Å². The van der Waals surface area contributed by atoms with E-state index in [0.29, 0.717) is 36.8 Å². The van der Waals surface area contributed by atoms with Gasteiger partial charge in [0.1, 0.15) is 13.2 Å². The van der Waals surface area contributed by atoms with Gasteiger partial charge in [0.05, 0.1) is 37.4 Å². The van der Waals surface area contributed by atoms with Crippen molar-refractivity contribution in [2.75, 3.05) is 45.3 Å². The molecule has 0 radical (unpaired) electrons. The van der Waals surface area contributed by atoms with Gasteiger partial charge in [-0.05, 0) is 36.8 Å². The fourth-order valence-electron chi connectivity index (χ4n) is 3.14. The maximum absolute atomic E-state index is 13.4. The van der Waals surface area contributed by atoms with Gasteiger partial charge in [0, 0.05) is 5.56 Å². The van der Waals surface area contributed by atoms with Gasteiger partial charge in [-0.1, -0.05) is 23.5 Å². The van der Waals surface area contributed by atoms with Crippen LogP contribution in [0.3, 0.4) is 0 Å². The van der Waals surface area contributed by atoms with Crippen LogP contribution < -0.4 is 19.3 Å². The van der Waals surface area contributed by atoms with E-state index in [9.17, 15) is 4.79 Å². The third-order valence-electron chi connectivity index (χ3n) is 4.71. The first-order valence-corrected chi connectivity index (χ1v) is 10.2. The average Bonchev–Trinajstić information content (AvgIpc) is 3.12. The number of fused-ring (bicyclic) bond motifs is 2. The minimum absolute atomic E-state index is 0.0741. The van der Waals surface area contributed by atoms with Crippen LogP contribution in [-0.4, -0.2) is 51.3 Å². The quantitative estimate of drug-likeness (QED) is 0.716. The topological polar surface area (TPSA) is 56.1 Å². The summed E-state index contributed by atoms with van der Waals surface area (Å²) in [4.78, 5) is 21.2. The predicted octanol–water partition coefficient (Wildman–Crippen LogP) is 2.17. The lowest BCUT2D eigenvalue weighted by molar-refractivity contribution is -0.856. The van der Waals surface area contributed by atoms with Crippen LogP contribution in [0.5, 0.6) is 11.5 Å². The van der Waals surface area contributed by atoms with Gasteiger partial charge in [-0.3, -0.25) is 9.69 Å². The first kappa shape index (κ1) is 18.7. The van der Waals surface area contributed by atoms with Gasteiger partial charge >= 0.3 is 0 Å². The number of hydrogen-bond acceptors (Lipinski definition) is 5. The molecule has 1 aromatic heterocycles. The maximum Gasteiger partial charge on any atom is 0.260 e. The normalized spacial score (nSPS) is 13.1. The van der Waals surface area contributed by atoms with Gasteiger partial charge in [-0.15, -0.1) is 0 Å². The lowest BCUT2D eigenvalue weighted by Crippen LogP contribution is -3.06. The smallest absolute Gasteiger partial charge is 0.260 e. The van der Waals surface area contributed by atoms with Crippen LogP contribution >= 0.6 is 11.3 Å². The number of anilines is 1. The molecule has 1 amide bonds. The van der Waals surface area contributed by atoms with E-state index in [0.717, 1.165) is 27.5 Å². The average molecular weight is 399 g/mol. The van der Waals surface area contributed by atoms with E-state index in [2.05, 4.69) is 14.1 Å². The number of benzene rings is 2. The summed E-state index contributed by atoms with van der Waals surface area (Å²) < 4.78 is 12.3. The second kappa shape index (κ2) is 7.77. The zero-order chi connectivity index (χ0) is 19.7. The highest BCUT2D eigenvalue weighted by Crippen LogP contribution is 2.34. The van der Waals surface area contributed by atoms with Crippen molar-refractivity contribution in [2.24, 2.45) is 0 Å². The van der Waals surface area contributed by atoms with Gasteiger partial charge < -0.3 is 14.4 Å². The lowest BCUT2D eigenvalue weighted by Gasteiger charge is -2.22. The molecule has 0 saturated heterocycles. The molecule has 3 aromatic rings. The number of para-hydroxylation sites is 1. The largest absolute Gasteiger partial charge is 0.486 e. The number of carbonyl (C=O) groups is 1. The molecule has 0 unspecified atom stereocenters. The molecular weight excluding hydrogens is 374 g/mol. The molecule has 1 N–H and O–H groups in total. The molecule has 0 spiro atoms. The third-order valence-corrected chi connectivity index (χ3v) is 5.75. The number of ether oxygens (including phenoxy) is 2. The Bertz CT molecular complexity index is 1020. The van der Waals surface area contributed by atoms with E-state index < -0.39 is 0 Å². The van der Waals surface area contributed by atoms with Gasteiger partial charge in [0.25, 0.3) is 5.91 Å². The van der Waals surface area contributed by atoms with Crippen LogP contribution in [-0.2, 0) is 0 Å². The van der Waals surface area contributed by atoms with Crippen LogP contribution in [0.4, 0.5) is 5.13 Å². The van der Waals surface area contributed by atoms with Crippen molar-refractivity contribution in [3.63, 3.8) is 0 Å². The number of amides is 1. The third kappa shape index (κ3) is 3.68. The molecule has 0 bridgehead atoms. The molecule has 146 valence electrons. The maximum atomic E-state index is 13.4. The van der Waals surface area contributed by atoms with Crippen LogP contribution in [0.15, 0.2) is 36.4 Å². The van der Waals surface area contributed by atoms with E-state index in [-0.39, 0.29) is 5.91 Å². The van der Waals surface area contributed by atoms with Crippen molar-refractivity contribution >= 4 is 32.6 Å². The zero-order valence-electron chi connectivity index (χ0n) is 16.3. The number of rotatable bonds is 5. The van der Waals surface area contributed by atoms with Crippen LogP contribution in [0.1, 0.15) is 15.9 Å². The summed E-state index contributed by atoms with van der Waals surface area (Å²) in [7, 11) is 4.16. The fourth-order valence-corrected chi connectivity index (χ4v) is 4.21. The van der Waals surface area contributed by atoms with Crippen molar-refractivity contribution < 1.29 is 19.2 Å². The molecule has 0 atom stereocenters. The summed E-state index contributed by atoms with van der Waals surface area (Å²) in [5, 5.41) is 0.727. The molecule has 2 aromatic carbocycles. The van der Waals surface area contributed by atoms with Gasteiger partial charge in [0.2, 0.25) is 0 Å². The predicted molar refractivity (Wildman–Crippen MR) is 111 cm³/mol. The van der Waals surface area contributed by atoms with Crippen LogP contribution in [0.25, 0.3) is 10.2 Å². The summed E-state index contributed by atoms with van der Waals surface area (Å²) in [6.07, 6.45) is 0. The molecule has 6 nitrogen and oxygen atoms in total. The Morgan fingerprint density at radius 2 is 1.96 bits per heavy atom. The zero-order valence-corrected chi connectivity index (χ0v) is 17.1. The number of aryl methyl sites for hydroxylation is 1. The minimum atomic E-state index is -0.0741. The molecule has 7 heteroatoms. The molecule has 0 fully saturated rings. The Morgan fingerprint density at radius 3 is 2.71 bits per heavy atom. The highest BCUT2D eigenvalue weighted by atomic mass is 32.1. The van der Waals surface area contributed by atoms with E-state index >= 15 is 0 Å². The first-order chi connectivity index (χ1) is 13.5.